The van der Waals surface area contributed by atoms with Gasteiger partial charge in [0.1, 0.15) is 12.5 Å². The zero-order valence-corrected chi connectivity index (χ0v) is 21.8. The molecule has 2 aromatic carbocycles. The average Bonchev–Trinajstić information content (AvgIpc) is 3.46. The second kappa shape index (κ2) is 10.2. The highest BCUT2D eigenvalue weighted by atomic mass is 32.1. The predicted octanol–water partition coefficient (Wildman–Crippen LogP) is 6.71. The molecule has 0 saturated heterocycles. The van der Waals surface area contributed by atoms with Gasteiger partial charge in [-0.3, -0.25) is 9.78 Å². The molecule has 5 nitrogen and oxygen atoms in total. The smallest absolute Gasteiger partial charge is 0.252 e. The van der Waals surface area contributed by atoms with Gasteiger partial charge in [0.2, 0.25) is 0 Å². The van der Waals surface area contributed by atoms with Gasteiger partial charge in [0.05, 0.1) is 21.9 Å². The van der Waals surface area contributed by atoms with Gasteiger partial charge in [-0.05, 0) is 42.8 Å². The number of nitrogens with one attached hydrogen (secondary N) is 1. The van der Waals surface area contributed by atoms with Crippen molar-refractivity contribution in [3.05, 3.63) is 77.3 Å². The van der Waals surface area contributed by atoms with Crippen molar-refractivity contribution < 1.29 is 13.9 Å². The van der Waals surface area contributed by atoms with Gasteiger partial charge >= 0.3 is 0 Å². The van der Waals surface area contributed by atoms with E-state index in [1.165, 1.54) is 17.4 Å². The normalized spacial score (nSPS) is 12.7. The number of aromatic nitrogens is 2. The monoisotopic (exact) mass is 495 g/mol. The maximum absolute atomic E-state index is 14.2. The number of thiazole rings is 1. The van der Waals surface area contributed by atoms with Crippen LogP contribution in [0.3, 0.4) is 0 Å². The molecule has 0 spiro atoms. The Morgan fingerprint density at radius 3 is 2.74 bits per heavy atom. The van der Waals surface area contributed by atoms with E-state index < -0.39 is 14.1 Å². The third kappa shape index (κ3) is 5.63. The Hall–Kier alpha value is -2.81. The van der Waals surface area contributed by atoms with Gasteiger partial charge < -0.3 is 14.6 Å². The first-order valence-corrected chi connectivity index (χ1v) is 16.0. The molecule has 1 N–H and O–H groups in total. The Bertz CT molecular complexity index is 1280. The molecule has 0 radical (unpaired) electrons. The van der Waals surface area contributed by atoms with Crippen LogP contribution < -0.4 is 5.32 Å². The van der Waals surface area contributed by atoms with Gasteiger partial charge in [0.25, 0.3) is 5.91 Å². The molecule has 2 heterocycles. The number of fused-ring (bicyclic) bond motifs is 1. The molecule has 4 rings (SSSR count). The number of carbonyl (C=O) groups is 1. The van der Waals surface area contributed by atoms with Gasteiger partial charge in [-0.2, -0.15) is 0 Å². The van der Waals surface area contributed by atoms with E-state index in [4.69, 9.17) is 4.74 Å². The van der Waals surface area contributed by atoms with E-state index in [-0.39, 0.29) is 11.7 Å². The summed E-state index contributed by atoms with van der Waals surface area (Å²) in [7, 11) is -1.17. The van der Waals surface area contributed by atoms with Crippen molar-refractivity contribution in [2.75, 3.05) is 6.61 Å². The van der Waals surface area contributed by atoms with Gasteiger partial charge in [-0.1, -0.05) is 37.8 Å². The fourth-order valence-electron chi connectivity index (χ4n) is 3.82. The fourth-order valence-corrected chi connectivity index (χ4v) is 5.18. The molecule has 34 heavy (non-hydrogen) atoms. The van der Waals surface area contributed by atoms with Crippen molar-refractivity contribution in [2.45, 2.75) is 45.4 Å². The minimum atomic E-state index is -1.17. The topological polar surface area (TPSA) is 56.2 Å². The van der Waals surface area contributed by atoms with Crippen LogP contribution in [0.2, 0.25) is 25.7 Å². The summed E-state index contributed by atoms with van der Waals surface area (Å²) in [5.74, 6) is -0.579. The summed E-state index contributed by atoms with van der Waals surface area (Å²) >= 11 is 1.52. The molecule has 0 aliphatic heterocycles. The quantitative estimate of drug-likeness (QED) is 0.207. The molecular formula is C26H30FN3O2SSi. The molecule has 8 heteroatoms. The maximum atomic E-state index is 14.2. The minimum absolute atomic E-state index is 0.246. The Kier molecular flexibility index (Phi) is 7.30. The second-order valence-corrected chi connectivity index (χ2v) is 16.2. The zero-order valence-electron chi connectivity index (χ0n) is 20.0. The summed E-state index contributed by atoms with van der Waals surface area (Å²) < 4.78 is 22.3. The summed E-state index contributed by atoms with van der Waals surface area (Å²) in [6.45, 7) is 9.92. The Morgan fingerprint density at radius 2 is 2.03 bits per heavy atom. The number of benzene rings is 2. The number of nitrogens with zero attached hydrogens (tertiary/aromatic N) is 2. The van der Waals surface area contributed by atoms with Gasteiger partial charge in [0, 0.05) is 43.6 Å². The van der Waals surface area contributed by atoms with E-state index in [9.17, 15) is 9.18 Å². The first-order valence-electron chi connectivity index (χ1n) is 11.4. The standard InChI is InChI=1S/C26H30FN3O2SSi/c1-18(20-7-5-6-8-23(20)27)29-26(31)22-13-19(25-15-28-16-33-25)14-24-21(22)9-10-30(24)17-32-11-12-34(2,3)4/h5-10,13-16,18H,11-12,17H2,1-4H3,(H,29,31). The third-order valence-corrected chi connectivity index (χ3v) is 8.32. The highest BCUT2D eigenvalue weighted by molar-refractivity contribution is 7.13. The molecule has 178 valence electrons. The van der Waals surface area contributed by atoms with Crippen LogP contribution in [0, 0.1) is 5.82 Å². The number of hydrogen-bond acceptors (Lipinski definition) is 4. The van der Waals surface area contributed by atoms with Crippen LogP contribution in [0.4, 0.5) is 4.39 Å². The molecular weight excluding hydrogens is 465 g/mol. The van der Waals surface area contributed by atoms with E-state index in [0.717, 1.165) is 34.0 Å². The maximum Gasteiger partial charge on any atom is 0.252 e. The van der Waals surface area contributed by atoms with Crippen LogP contribution in [0.25, 0.3) is 21.3 Å². The van der Waals surface area contributed by atoms with E-state index in [1.54, 1.807) is 36.8 Å². The molecule has 0 fully saturated rings. The summed E-state index contributed by atoms with van der Waals surface area (Å²) in [4.78, 5) is 18.5. The SMILES string of the molecule is CC(NC(=O)c1cc(-c2cncs2)cc2c1ccn2COCC[Si](C)(C)C)c1ccccc1F. The number of halogens is 1. The second-order valence-electron chi connectivity index (χ2n) is 9.67. The lowest BCUT2D eigenvalue weighted by molar-refractivity contribution is 0.0901. The number of hydrogen-bond donors (Lipinski definition) is 1. The molecule has 1 unspecified atom stereocenters. The molecule has 0 aliphatic carbocycles. The van der Waals surface area contributed by atoms with Gasteiger partial charge in [0.15, 0.2) is 0 Å². The molecule has 0 bridgehead atoms. The van der Waals surface area contributed by atoms with Crippen molar-refractivity contribution in [1.29, 1.82) is 0 Å². The van der Waals surface area contributed by atoms with Crippen molar-refractivity contribution in [3.8, 4) is 10.4 Å². The first-order chi connectivity index (χ1) is 16.2. The average molecular weight is 496 g/mol. The van der Waals surface area contributed by atoms with Crippen LogP contribution in [0.5, 0.6) is 0 Å². The van der Waals surface area contributed by atoms with Crippen LogP contribution in [-0.4, -0.2) is 30.1 Å². The van der Waals surface area contributed by atoms with Gasteiger partial charge in [-0.15, -0.1) is 11.3 Å². The van der Waals surface area contributed by atoms with Crippen LogP contribution in [0.15, 0.2) is 60.4 Å². The van der Waals surface area contributed by atoms with Crippen molar-refractivity contribution in [3.63, 3.8) is 0 Å². The first kappa shape index (κ1) is 24.3. The lowest BCUT2D eigenvalue weighted by Crippen LogP contribution is -2.27. The van der Waals surface area contributed by atoms with Crippen molar-refractivity contribution in [2.24, 2.45) is 0 Å². The van der Waals surface area contributed by atoms with E-state index >= 15 is 0 Å². The lowest BCUT2D eigenvalue weighted by Gasteiger charge is -2.17. The highest BCUT2D eigenvalue weighted by Gasteiger charge is 2.19. The lowest BCUT2D eigenvalue weighted by atomic mass is 10.0. The summed E-state index contributed by atoms with van der Waals surface area (Å²) in [5.41, 5.74) is 4.62. The minimum Gasteiger partial charge on any atom is -0.361 e. The largest absolute Gasteiger partial charge is 0.361 e. The summed E-state index contributed by atoms with van der Waals surface area (Å²) in [6.07, 6.45) is 3.75. The third-order valence-electron chi connectivity index (χ3n) is 5.80. The van der Waals surface area contributed by atoms with Crippen molar-refractivity contribution in [1.82, 2.24) is 14.9 Å². The fraction of sp³-hybridized carbons (Fsp3) is 0.308. The Balaban J connectivity index is 1.64. The Labute approximate surface area is 204 Å². The Morgan fingerprint density at radius 1 is 1.24 bits per heavy atom. The number of rotatable bonds is 9. The van der Waals surface area contributed by atoms with Gasteiger partial charge in [-0.25, -0.2) is 4.39 Å². The number of ether oxygens (including phenoxy) is 1. The van der Waals surface area contributed by atoms with Crippen LogP contribution in [0.1, 0.15) is 28.9 Å². The molecule has 0 saturated carbocycles. The molecule has 2 aromatic heterocycles. The molecule has 0 aliphatic rings. The number of carbonyl (C=O) groups excluding carboxylic acids is 1. The summed E-state index contributed by atoms with van der Waals surface area (Å²) in [6, 6.07) is 13.0. The number of amides is 1. The zero-order chi connectivity index (χ0) is 24.3. The van der Waals surface area contributed by atoms with E-state index in [0.29, 0.717) is 17.9 Å². The molecule has 1 atom stereocenters. The highest BCUT2D eigenvalue weighted by Crippen LogP contribution is 2.31. The summed E-state index contributed by atoms with van der Waals surface area (Å²) in [5, 5.41) is 3.80. The van der Waals surface area contributed by atoms with Crippen LogP contribution >= 0.6 is 11.3 Å². The molecule has 4 aromatic rings. The van der Waals surface area contributed by atoms with Crippen LogP contribution in [-0.2, 0) is 11.5 Å². The van der Waals surface area contributed by atoms with E-state index in [1.807, 2.05) is 22.9 Å². The molecule has 1 amide bonds. The van der Waals surface area contributed by atoms with E-state index in [2.05, 4.69) is 36.0 Å². The predicted molar refractivity (Wildman–Crippen MR) is 139 cm³/mol. The van der Waals surface area contributed by atoms with Crippen molar-refractivity contribution >= 4 is 36.2 Å².